The molecule has 17 heavy (non-hydrogen) atoms. The molecule has 0 aromatic rings. The van der Waals surface area contributed by atoms with E-state index in [4.69, 9.17) is 17.0 Å². The lowest BCUT2D eigenvalue weighted by Gasteiger charge is -2.10. The van der Waals surface area contributed by atoms with Crippen molar-refractivity contribution in [1.82, 2.24) is 0 Å². The Balaban J connectivity index is 3.64. The van der Waals surface area contributed by atoms with Crippen LogP contribution < -0.4 is 0 Å². The van der Waals surface area contributed by atoms with Gasteiger partial charge in [0.05, 0.1) is 11.5 Å². The standard InChI is InChI=1S/C14H24O2S/c1-5-13(17)14(15)16-10-9-12(4)8-6-7-11(2)3/h7,12H,5-6,8-10H2,1-4H3. The Labute approximate surface area is 110 Å². The molecule has 0 saturated heterocycles. The normalized spacial score (nSPS) is 11.8. The molecule has 0 amide bonds. The number of allylic oxidation sites excluding steroid dienone is 2. The topological polar surface area (TPSA) is 26.3 Å². The smallest absolute Gasteiger partial charge is 0.344 e. The molecule has 3 heteroatoms. The summed E-state index contributed by atoms with van der Waals surface area (Å²) < 4.78 is 5.10. The average molecular weight is 256 g/mol. The van der Waals surface area contributed by atoms with E-state index < -0.39 is 0 Å². The van der Waals surface area contributed by atoms with Gasteiger partial charge in [-0.2, -0.15) is 0 Å². The van der Waals surface area contributed by atoms with Crippen LogP contribution in [0.15, 0.2) is 11.6 Å². The highest BCUT2D eigenvalue weighted by atomic mass is 32.1. The van der Waals surface area contributed by atoms with Gasteiger partial charge in [-0.05, 0) is 45.4 Å². The molecule has 0 radical (unpaired) electrons. The lowest BCUT2D eigenvalue weighted by Crippen LogP contribution is -2.16. The van der Waals surface area contributed by atoms with Gasteiger partial charge < -0.3 is 4.74 Å². The van der Waals surface area contributed by atoms with Crippen molar-refractivity contribution in [2.75, 3.05) is 6.61 Å². The third kappa shape index (κ3) is 9.04. The van der Waals surface area contributed by atoms with Gasteiger partial charge in [0.2, 0.25) is 0 Å². The molecule has 0 aliphatic carbocycles. The van der Waals surface area contributed by atoms with Crippen molar-refractivity contribution in [3.05, 3.63) is 11.6 Å². The maximum atomic E-state index is 11.3. The lowest BCUT2D eigenvalue weighted by atomic mass is 10.0. The zero-order chi connectivity index (χ0) is 13.3. The molecule has 0 spiro atoms. The van der Waals surface area contributed by atoms with Crippen molar-refractivity contribution in [1.29, 1.82) is 0 Å². The fourth-order valence-corrected chi connectivity index (χ4v) is 1.44. The highest BCUT2D eigenvalue weighted by Crippen LogP contribution is 2.11. The maximum Gasteiger partial charge on any atom is 0.344 e. The molecule has 98 valence electrons. The predicted molar refractivity (Wildman–Crippen MR) is 76.3 cm³/mol. The highest BCUT2D eigenvalue weighted by Gasteiger charge is 2.09. The van der Waals surface area contributed by atoms with Gasteiger partial charge in [-0.15, -0.1) is 0 Å². The number of esters is 1. The van der Waals surface area contributed by atoms with Crippen LogP contribution in [0, 0.1) is 5.92 Å². The molecule has 0 heterocycles. The van der Waals surface area contributed by atoms with Crippen molar-refractivity contribution in [3.63, 3.8) is 0 Å². The summed E-state index contributed by atoms with van der Waals surface area (Å²) >= 11 is 4.87. The Hall–Kier alpha value is -0.700. The molecule has 0 aliphatic heterocycles. The summed E-state index contributed by atoms with van der Waals surface area (Å²) in [6.07, 6.45) is 5.99. The summed E-state index contributed by atoms with van der Waals surface area (Å²) in [4.78, 5) is 11.7. The number of carbonyl (C=O) groups excluding carboxylic acids is 1. The monoisotopic (exact) mass is 256 g/mol. The first-order valence-corrected chi connectivity index (χ1v) is 6.71. The SMILES string of the molecule is CCC(=S)C(=O)OCCC(C)CCC=C(C)C. The summed E-state index contributed by atoms with van der Waals surface area (Å²) in [6, 6.07) is 0. The molecule has 1 atom stereocenters. The summed E-state index contributed by atoms with van der Waals surface area (Å²) in [7, 11) is 0. The molecule has 0 N–H and O–H groups in total. The summed E-state index contributed by atoms with van der Waals surface area (Å²) in [5.74, 6) is 0.257. The van der Waals surface area contributed by atoms with Crippen molar-refractivity contribution < 1.29 is 9.53 Å². The van der Waals surface area contributed by atoms with E-state index in [0.29, 0.717) is 23.8 Å². The van der Waals surface area contributed by atoms with Gasteiger partial charge in [0.25, 0.3) is 0 Å². The molecule has 0 aromatic carbocycles. The van der Waals surface area contributed by atoms with Crippen molar-refractivity contribution in [2.24, 2.45) is 5.92 Å². The van der Waals surface area contributed by atoms with Crippen molar-refractivity contribution in [2.45, 2.75) is 53.4 Å². The molecule has 0 saturated carbocycles. The van der Waals surface area contributed by atoms with E-state index >= 15 is 0 Å². The minimum atomic E-state index is -0.320. The Morgan fingerprint density at radius 3 is 2.53 bits per heavy atom. The van der Waals surface area contributed by atoms with Crippen LogP contribution >= 0.6 is 12.2 Å². The molecule has 2 nitrogen and oxygen atoms in total. The molecule has 0 rings (SSSR count). The van der Waals surface area contributed by atoms with E-state index in [-0.39, 0.29) is 5.97 Å². The van der Waals surface area contributed by atoms with E-state index in [1.807, 2.05) is 6.92 Å². The number of rotatable bonds is 8. The Morgan fingerprint density at radius 1 is 1.35 bits per heavy atom. The number of hydrogen-bond acceptors (Lipinski definition) is 3. The quantitative estimate of drug-likeness (QED) is 0.372. The first-order chi connectivity index (χ1) is 7.97. The number of ether oxygens (including phenoxy) is 1. The molecule has 0 aliphatic rings. The zero-order valence-corrected chi connectivity index (χ0v) is 12.2. The Bertz CT molecular complexity index is 278. The minimum Gasteiger partial charge on any atom is -0.462 e. The average Bonchev–Trinajstić information content (AvgIpc) is 2.27. The van der Waals surface area contributed by atoms with Gasteiger partial charge in [-0.3, -0.25) is 0 Å². The van der Waals surface area contributed by atoms with Gasteiger partial charge in [0.1, 0.15) is 0 Å². The van der Waals surface area contributed by atoms with E-state index in [1.165, 1.54) is 5.57 Å². The lowest BCUT2D eigenvalue weighted by molar-refractivity contribution is -0.135. The maximum absolute atomic E-state index is 11.3. The van der Waals surface area contributed by atoms with Gasteiger partial charge in [-0.25, -0.2) is 4.79 Å². The van der Waals surface area contributed by atoms with E-state index in [9.17, 15) is 4.79 Å². The van der Waals surface area contributed by atoms with Crippen molar-refractivity contribution in [3.8, 4) is 0 Å². The second-order valence-electron chi connectivity index (χ2n) is 4.67. The number of hydrogen-bond donors (Lipinski definition) is 0. The van der Waals surface area contributed by atoms with Crippen LogP contribution in [0.5, 0.6) is 0 Å². The molecule has 1 unspecified atom stereocenters. The van der Waals surface area contributed by atoms with Crippen LogP contribution in [0.1, 0.15) is 53.4 Å². The van der Waals surface area contributed by atoms with Crippen LogP contribution in [-0.2, 0) is 9.53 Å². The molecule has 0 bridgehead atoms. The largest absolute Gasteiger partial charge is 0.462 e. The predicted octanol–water partition coefficient (Wildman–Crippen LogP) is 4.08. The summed E-state index contributed by atoms with van der Waals surface area (Å²) in [5.41, 5.74) is 1.36. The van der Waals surface area contributed by atoms with E-state index in [1.54, 1.807) is 0 Å². The van der Waals surface area contributed by atoms with Gasteiger partial charge in [-0.1, -0.05) is 37.7 Å². The number of thiocarbonyl (C=S) groups is 1. The second kappa shape index (κ2) is 9.34. The van der Waals surface area contributed by atoms with Gasteiger partial charge >= 0.3 is 5.97 Å². The fraction of sp³-hybridized carbons (Fsp3) is 0.714. The van der Waals surface area contributed by atoms with Crippen LogP contribution in [0.4, 0.5) is 0 Å². The highest BCUT2D eigenvalue weighted by molar-refractivity contribution is 7.82. The molecular weight excluding hydrogens is 232 g/mol. The first kappa shape index (κ1) is 16.3. The van der Waals surface area contributed by atoms with Gasteiger partial charge in [0, 0.05) is 0 Å². The van der Waals surface area contributed by atoms with E-state index in [2.05, 4.69) is 26.8 Å². The van der Waals surface area contributed by atoms with Crippen LogP contribution in [0.25, 0.3) is 0 Å². The zero-order valence-electron chi connectivity index (χ0n) is 11.4. The number of carbonyl (C=O) groups is 1. The fourth-order valence-electron chi connectivity index (χ4n) is 1.38. The molecule has 0 fully saturated rings. The van der Waals surface area contributed by atoms with E-state index in [0.717, 1.165) is 19.3 Å². The van der Waals surface area contributed by atoms with Crippen LogP contribution in [-0.4, -0.2) is 17.4 Å². The summed E-state index contributed by atoms with van der Waals surface area (Å²) in [6.45, 7) is 8.75. The third-order valence-corrected chi connectivity index (χ3v) is 3.06. The van der Waals surface area contributed by atoms with Crippen LogP contribution in [0.2, 0.25) is 0 Å². The van der Waals surface area contributed by atoms with Crippen molar-refractivity contribution >= 4 is 23.1 Å². The Morgan fingerprint density at radius 2 is 2.00 bits per heavy atom. The molecule has 0 aromatic heterocycles. The minimum absolute atomic E-state index is 0.320. The third-order valence-electron chi connectivity index (χ3n) is 2.60. The molecular formula is C14H24O2S. The Kier molecular flexibility index (Phi) is 8.96. The summed E-state index contributed by atoms with van der Waals surface area (Å²) in [5, 5.41) is 0. The van der Waals surface area contributed by atoms with Crippen LogP contribution in [0.3, 0.4) is 0 Å². The first-order valence-electron chi connectivity index (χ1n) is 6.30. The van der Waals surface area contributed by atoms with Gasteiger partial charge in [0.15, 0.2) is 0 Å². The second-order valence-corrected chi connectivity index (χ2v) is 5.16.